The van der Waals surface area contributed by atoms with Crippen molar-refractivity contribution in [3.63, 3.8) is 0 Å². The second-order valence-electron chi connectivity index (χ2n) is 18.3. The average molecular weight is 874 g/mol. The first-order valence-electron chi connectivity index (χ1n) is 23.9. The van der Waals surface area contributed by atoms with Gasteiger partial charge in [-0.3, -0.25) is 0 Å². The second-order valence-corrected chi connectivity index (χ2v) is 18.3. The number of rotatable bonds is 6. The van der Waals surface area contributed by atoms with Crippen LogP contribution in [0.3, 0.4) is 0 Å². The van der Waals surface area contributed by atoms with E-state index in [-0.39, 0.29) is 0 Å². The third-order valence-electron chi connectivity index (χ3n) is 14.5. The van der Waals surface area contributed by atoms with Gasteiger partial charge >= 0.3 is 0 Å². The van der Waals surface area contributed by atoms with Crippen molar-refractivity contribution in [1.29, 1.82) is 0 Å². The van der Waals surface area contributed by atoms with E-state index in [2.05, 4.69) is 265 Å². The lowest BCUT2D eigenvalue weighted by Crippen LogP contribution is -1.95. The Morgan fingerprint density at radius 2 is 0.623 bits per heavy atom. The van der Waals surface area contributed by atoms with Crippen LogP contribution in [0.2, 0.25) is 0 Å². The Kier molecular flexibility index (Phi) is 8.97. The highest BCUT2D eigenvalue weighted by Gasteiger charge is 2.23. The molecule has 0 radical (unpaired) electrons. The Morgan fingerprint density at radius 1 is 0.203 bits per heavy atom. The first-order valence-corrected chi connectivity index (χ1v) is 23.9. The highest BCUT2D eigenvalue weighted by molar-refractivity contribution is 6.25. The third-order valence-corrected chi connectivity index (χ3v) is 14.5. The van der Waals surface area contributed by atoms with Crippen LogP contribution in [0.25, 0.3) is 137 Å². The number of benzene rings is 13. The topological polar surface area (TPSA) is 4.93 Å². The molecule has 0 aliphatic carbocycles. The van der Waals surface area contributed by atoms with E-state index in [0.29, 0.717) is 0 Å². The fraction of sp³-hybridized carbons (Fsp3) is 0. The van der Waals surface area contributed by atoms with Gasteiger partial charge in [0.05, 0.1) is 11.0 Å². The molecule has 0 bridgehead atoms. The molecule has 0 saturated carbocycles. The highest BCUT2D eigenvalue weighted by Crippen LogP contribution is 2.50. The van der Waals surface area contributed by atoms with Gasteiger partial charge in [-0.1, -0.05) is 224 Å². The van der Waals surface area contributed by atoms with E-state index in [1.165, 1.54) is 137 Å². The van der Waals surface area contributed by atoms with Gasteiger partial charge in [-0.2, -0.15) is 0 Å². The molecule has 0 fully saturated rings. The Hall–Kier alpha value is -9.04. The van der Waals surface area contributed by atoms with E-state index in [1.54, 1.807) is 0 Å². The van der Waals surface area contributed by atoms with Gasteiger partial charge in [0, 0.05) is 16.5 Å². The highest BCUT2D eigenvalue weighted by atomic mass is 15.0. The van der Waals surface area contributed by atoms with Crippen LogP contribution in [0.1, 0.15) is 0 Å². The van der Waals surface area contributed by atoms with E-state index < -0.39 is 0 Å². The van der Waals surface area contributed by atoms with Gasteiger partial charge in [0.25, 0.3) is 0 Å². The maximum atomic E-state index is 2.43. The summed E-state index contributed by atoms with van der Waals surface area (Å²) in [4.78, 5) is 0. The van der Waals surface area contributed by atoms with Crippen molar-refractivity contribution in [2.24, 2.45) is 0 Å². The largest absolute Gasteiger partial charge is 0.309 e. The summed E-state index contributed by atoms with van der Waals surface area (Å²) in [5, 5.41) is 15.0. The molecule has 14 rings (SSSR count). The van der Waals surface area contributed by atoms with Crippen molar-refractivity contribution in [3.8, 4) is 61.3 Å². The minimum Gasteiger partial charge on any atom is -0.309 e. The molecule has 0 N–H and O–H groups in total. The summed E-state index contributed by atoms with van der Waals surface area (Å²) >= 11 is 0. The molecule has 14 aromatic rings. The molecule has 13 aromatic carbocycles. The van der Waals surface area contributed by atoms with Crippen molar-refractivity contribution in [3.05, 3.63) is 261 Å². The Morgan fingerprint density at radius 3 is 1.20 bits per heavy atom. The monoisotopic (exact) mass is 873 g/mol. The molecule has 1 nitrogen and oxygen atoms in total. The van der Waals surface area contributed by atoms with Gasteiger partial charge in [0.15, 0.2) is 0 Å². The average Bonchev–Trinajstić information content (AvgIpc) is 3.76. The zero-order valence-corrected chi connectivity index (χ0v) is 37.8. The zero-order valence-electron chi connectivity index (χ0n) is 37.8. The molecule has 0 aliphatic heterocycles. The summed E-state index contributed by atoms with van der Waals surface area (Å²) in [6, 6.07) is 96.4. The predicted octanol–water partition coefficient (Wildman–Crippen LogP) is 18.9. The second kappa shape index (κ2) is 15.8. The van der Waals surface area contributed by atoms with E-state index in [4.69, 9.17) is 0 Å². The van der Waals surface area contributed by atoms with E-state index in [0.717, 1.165) is 0 Å². The van der Waals surface area contributed by atoms with Crippen molar-refractivity contribution in [2.45, 2.75) is 0 Å². The first-order chi connectivity index (χ1) is 34.3. The number of aromatic nitrogens is 1. The van der Waals surface area contributed by atoms with Gasteiger partial charge in [-0.15, -0.1) is 0 Å². The third kappa shape index (κ3) is 6.11. The van der Waals surface area contributed by atoms with Crippen molar-refractivity contribution >= 4 is 75.7 Å². The molecule has 0 amide bonds. The van der Waals surface area contributed by atoms with Crippen molar-refractivity contribution < 1.29 is 0 Å². The molecule has 0 spiro atoms. The van der Waals surface area contributed by atoms with Crippen molar-refractivity contribution in [1.82, 2.24) is 4.57 Å². The van der Waals surface area contributed by atoms with Crippen LogP contribution >= 0.6 is 0 Å². The molecular weight excluding hydrogens is 831 g/mol. The molecule has 0 aliphatic rings. The lowest BCUT2D eigenvalue weighted by Gasteiger charge is -2.22. The maximum Gasteiger partial charge on any atom is 0.0541 e. The molecule has 1 heteroatoms. The van der Waals surface area contributed by atoms with Crippen molar-refractivity contribution in [2.75, 3.05) is 0 Å². The Labute approximate surface area is 400 Å². The van der Waals surface area contributed by atoms with Crippen LogP contribution in [0.5, 0.6) is 0 Å². The zero-order chi connectivity index (χ0) is 45.4. The Bertz CT molecular complexity index is 4280. The van der Waals surface area contributed by atoms with Crippen LogP contribution in [-0.4, -0.2) is 4.57 Å². The molecule has 0 atom stereocenters. The standard InChI is InChI=1S/C68H43N/c1-4-20-44(21-5-1)64-50-39-37-47(42-46(50)36-40-60(64)68-55-30-13-11-27-52(55)51-26-10-12-29-54(51)67(68)45-22-6-2-7-23-45)65-56-31-14-16-33-58(56)66(59-34-17-15-32-57(59)65)48-38-41-63-61(43-48)53-28-18-19-35-62(53)69(63)49-24-8-3-9-25-49/h1-43H. The fourth-order valence-electron chi connectivity index (χ4n) is 11.7. The van der Waals surface area contributed by atoms with Crippen LogP contribution in [0.4, 0.5) is 0 Å². The maximum absolute atomic E-state index is 2.43. The fourth-order valence-corrected chi connectivity index (χ4v) is 11.7. The summed E-state index contributed by atoms with van der Waals surface area (Å²) < 4.78 is 2.39. The van der Waals surface area contributed by atoms with Crippen LogP contribution in [-0.2, 0) is 0 Å². The van der Waals surface area contributed by atoms with Gasteiger partial charge in [0.2, 0.25) is 0 Å². The van der Waals surface area contributed by atoms with E-state index in [1.807, 2.05) is 0 Å². The normalized spacial score (nSPS) is 11.8. The van der Waals surface area contributed by atoms with E-state index in [9.17, 15) is 0 Å². The van der Waals surface area contributed by atoms with Gasteiger partial charge in [0.1, 0.15) is 0 Å². The van der Waals surface area contributed by atoms with Gasteiger partial charge in [-0.05, 0) is 146 Å². The molecule has 0 saturated heterocycles. The van der Waals surface area contributed by atoms with Gasteiger partial charge < -0.3 is 4.57 Å². The summed E-state index contributed by atoms with van der Waals surface area (Å²) in [6.07, 6.45) is 0. The summed E-state index contributed by atoms with van der Waals surface area (Å²) in [6.45, 7) is 0. The van der Waals surface area contributed by atoms with E-state index >= 15 is 0 Å². The molecular formula is C68H43N. The summed E-state index contributed by atoms with van der Waals surface area (Å²) in [5.74, 6) is 0. The predicted molar refractivity (Wildman–Crippen MR) is 295 cm³/mol. The number of nitrogens with zero attached hydrogens (tertiary/aromatic N) is 1. The number of hydrogen-bond acceptors (Lipinski definition) is 0. The van der Waals surface area contributed by atoms with Gasteiger partial charge in [-0.25, -0.2) is 0 Å². The Balaban J connectivity index is 1.01. The smallest absolute Gasteiger partial charge is 0.0541 e. The lowest BCUT2D eigenvalue weighted by molar-refractivity contribution is 1.18. The molecule has 1 aromatic heterocycles. The molecule has 0 unspecified atom stereocenters. The van der Waals surface area contributed by atoms with Crippen LogP contribution in [0, 0.1) is 0 Å². The minimum atomic E-state index is 1.17. The number of hydrogen-bond donors (Lipinski definition) is 0. The quantitative estimate of drug-likeness (QED) is 0.116. The number of para-hydroxylation sites is 2. The summed E-state index contributed by atoms with van der Waals surface area (Å²) in [5.41, 5.74) is 15.9. The first kappa shape index (κ1) is 39.2. The van der Waals surface area contributed by atoms with Crippen LogP contribution in [0.15, 0.2) is 261 Å². The molecule has 69 heavy (non-hydrogen) atoms. The lowest BCUT2D eigenvalue weighted by atomic mass is 9.81. The minimum absolute atomic E-state index is 1.17. The number of fused-ring (bicyclic) bond motifs is 9. The summed E-state index contributed by atoms with van der Waals surface area (Å²) in [7, 11) is 0. The SMILES string of the molecule is c1ccc(-c2c(-c3c(-c4ccccc4)c4ccccc4c4ccccc34)ccc3cc(-c4c5ccccc5c(-c5ccc6c(c5)c5ccccc5n6-c5ccccc5)c5ccccc45)ccc23)cc1. The van der Waals surface area contributed by atoms with Crippen LogP contribution < -0.4 is 0 Å². The molecule has 320 valence electrons. The molecule has 1 heterocycles.